The Morgan fingerprint density at radius 2 is 1.52 bits per heavy atom. The largest absolute Gasteiger partial charge is 0.417 e. The number of carbonyl (C=O) groups excluding carboxylic acids is 3. The van der Waals surface area contributed by atoms with Gasteiger partial charge in [-0.15, -0.1) is 0 Å². The van der Waals surface area contributed by atoms with Crippen molar-refractivity contribution in [3.05, 3.63) is 65.7 Å². The van der Waals surface area contributed by atoms with Crippen molar-refractivity contribution in [3.8, 4) is 0 Å². The molecule has 0 spiro atoms. The quantitative estimate of drug-likeness (QED) is 0.695. The number of alkyl halides is 3. The molecule has 2 saturated heterocycles. The summed E-state index contributed by atoms with van der Waals surface area (Å²) in [4.78, 5) is 42.0. The molecule has 0 atom stereocenters. The highest BCUT2D eigenvalue weighted by molar-refractivity contribution is 6.19. The lowest BCUT2D eigenvalue weighted by atomic mass is 10.0. The number of nitrogens with zero attached hydrogens (tertiary/aromatic N) is 3. The van der Waals surface area contributed by atoms with Crippen LogP contribution in [0.25, 0.3) is 0 Å². The Balaban J connectivity index is 1.43. The van der Waals surface area contributed by atoms with Gasteiger partial charge in [-0.3, -0.25) is 9.59 Å². The molecular formula is C22H20F3N3O3. The number of amides is 4. The molecule has 0 bridgehead atoms. The summed E-state index contributed by atoms with van der Waals surface area (Å²) in [7, 11) is 0. The van der Waals surface area contributed by atoms with Gasteiger partial charge in [-0.2, -0.15) is 13.2 Å². The first-order chi connectivity index (χ1) is 14.8. The normalized spacial score (nSPS) is 18.1. The molecule has 0 radical (unpaired) electrons. The van der Waals surface area contributed by atoms with Crippen LogP contribution in [0.3, 0.4) is 0 Å². The van der Waals surface area contributed by atoms with Crippen molar-refractivity contribution in [3.63, 3.8) is 0 Å². The molecule has 2 aromatic carbocycles. The van der Waals surface area contributed by atoms with Crippen molar-refractivity contribution < 1.29 is 27.6 Å². The van der Waals surface area contributed by atoms with E-state index in [9.17, 15) is 27.6 Å². The van der Waals surface area contributed by atoms with Gasteiger partial charge in [0.2, 0.25) is 0 Å². The number of hydrogen-bond donors (Lipinski definition) is 0. The Bertz CT molecular complexity index is 1000. The fraction of sp³-hybridized carbons (Fsp3) is 0.318. The fourth-order valence-corrected chi connectivity index (χ4v) is 4.10. The van der Waals surface area contributed by atoms with Crippen LogP contribution in [-0.2, 0) is 11.0 Å². The Kier molecular flexibility index (Phi) is 5.43. The van der Waals surface area contributed by atoms with Gasteiger partial charge in [-0.1, -0.05) is 30.3 Å². The Morgan fingerprint density at radius 3 is 2.16 bits per heavy atom. The van der Waals surface area contributed by atoms with Crippen LogP contribution >= 0.6 is 0 Å². The van der Waals surface area contributed by atoms with E-state index in [1.165, 1.54) is 28.0 Å². The second-order valence-electron chi connectivity index (χ2n) is 7.54. The van der Waals surface area contributed by atoms with Crippen LogP contribution in [-0.4, -0.2) is 53.3 Å². The molecule has 9 heteroatoms. The summed E-state index contributed by atoms with van der Waals surface area (Å²) in [5.41, 5.74) is -0.839. The highest BCUT2D eigenvalue weighted by Gasteiger charge is 2.42. The van der Waals surface area contributed by atoms with Crippen molar-refractivity contribution in [2.45, 2.75) is 25.1 Å². The summed E-state index contributed by atoms with van der Waals surface area (Å²) in [5.74, 6) is -1.00. The number of anilines is 1. The smallest absolute Gasteiger partial charge is 0.338 e. The molecule has 0 aliphatic carbocycles. The number of hydrogen-bond acceptors (Lipinski definition) is 3. The van der Waals surface area contributed by atoms with Crippen LogP contribution < -0.4 is 4.90 Å². The van der Waals surface area contributed by atoms with Gasteiger partial charge in [0.25, 0.3) is 11.8 Å². The summed E-state index contributed by atoms with van der Waals surface area (Å²) in [6, 6.07) is 12.7. The molecule has 31 heavy (non-hydrogen) atoms. The van der Waals surface area contributed by atoms with E-state index < -0.39 is 23.7 Å². The van der Waals surface area contributed by atoms with Crippen molar-refractivity contribution in [2.24, 2.45) is 0 Å². The summed E-state index contributed by atoms with van der Waals surface area (Å²) in [6.07, 6.45) is -3.84. The van der Waals surface area contributed by atoms with E-state index >= 15 is 0 Å². The SMILES string of the molecule is O=C(c1ccccc1C(F)(F)F)N1CCC(N2CC(=O)N(c3ccccc3)C2=O)CC1. The van der Waals surface area contributed by atoms with E-state index in [0.29, 0.717) is 18.5 Å². The first kappa shape index (κ1) is 20.9. The van der Waals surface area contributed by atoms with Crippen molar-refractivity contribution in [1.82, 2.24) is 9.80 Å². The third-order valence-electron chi connectivity index (χ3n) is 5.66. The number of para-hydroxylation sites is 1. The second-order valence-corrected chi connectivity index (χ2v) is 7.54. The van der Waals surface area contributed by atoms with Gasteiger partial charge in [-0.05, 0) is 37.1 Å². The van der Waals surface area contributed by atoms with Crippen LogP contribution in [0.2, 0.25) is 0 Å². The Labute approximate surface area is 176 Å². The van der Waals surface area contributed by atoms with Gasteiger partial charge in [0.1, 0.15) is 6.54 Å². The molecule has 4 amide bonds. The van der Waals surface area contributed by atoms with Crippen LogP contribution in [0.4, 0.5) is 23.7 Å². The molecule has 2 aromatic rings. The minimum atomic E-state index is -4.62. The number of rotatable bonds is 3. The highest BCUT2D eigenvalue weighted by Crippen LogP contribution is 2.33. The predicted octanol–water partition coefficient (Wildman–Crippen LogP) is 3.78. The number of carbonyl (C=O) groups is 3. The Morgan fingerprint density at radius 1 is 0.903 bits per heavy atom. The zero-order chi connectivity index (χ0) is 22.2. The lowest BCUT2D eigenvalue weighted by Gasteiger charge is -2.36. The zero-order valence-electron chi connectivity index (χ0n) is 16.5. The van der Waals surface area contributed by atoms with Crippen molar-refractivity contribution >= 4 is 23.5 Å². The van der Waals surface area contributed by atoms with E-state index in [1.807, 2.05) is 0 Å². The van der Waals surface area contributed by atoms with Crippen molar-refractivity contribution in [1.29, 1.82) is 0 Å². The Hall–Kier alpha value is -3.36. The fourth-order valence-electron chi connectivity index (χ4n) is 4.10. The standard InChI is InChI=1S/C22H20F3N3O3/c23-22(24,25)18-9-5-4-8-17(18)20(30)26-12-10-15(11-13-26)27-14-19(29)28(21(27)31)16-6-2-1-3-7-16/h1-9,15H,10-14H2. The molecular weight excluding hydrogens is 411 g/mol. The van der Waals surface area contributed by atoms with Gasteiger partial charge < -0.3 is 9.80 Å². The van der Waals surface area contributed by atoms with E-state index in [-0.39, 0.29) is 37.1 Å². The van der Waals surface area contributed by atoms with Gasteiger partial charge in [0, 0.05) is 19.1 Å². The van der Waals surface area contributed by atoms with Crippen LogP contribution in [0.1, 0.15) is 28.8 Å². The number of imide groups is 1. The summed E-state index contributed by atoms with van der Waals surface area (Å²) >= 11 is 0. The van der Waals surface area contributed by atoms with E-state index in [0.717, 1.165) is 11.0 Å². The second kappa shape index (κ2) is 8.05. The maximum Gasteiger partial charge on any atom is 0.417 e. The van der Waals surface area contributed by atoms with Crippen molar-refractivity contribution in [2.75, 3.05) is 24.5 Å². The summed E-state index contributed by atoms with van der Waals surface area (Å²) in [5, 5.41) is 0. The maximum atomic E-state index is 13.2. The van der Waals surface area contributed by atoms with Gasteiger partial charge in [-0.25, -0.2) is 9.69 Å². The summed E-state index contributed by atoms with van der Waals surface area (Å²) in [6.45, 7) is 0.362. The van der Waals surface area contributed by atoms with Gasteiger partial charge >= 0.3 is 12.2 Å². The number of benzene rings is 2. The summed E-state index contributed by atoms with van der Waals surface area (Å²) < 4.78 is 39.7. The minimum Gasteiger partial charge on any atom is -0.338 e. The topological polar surface area (TPSA) is 60.9 Å². The van der Waals surface area contributed by atoms with Crippen LogP contribution in [0, 0.1) is 0 Å². The number of halogens is 3. The third kappa shape index (κ3) is 3.99. The van der Waals surface area contributed by atoms with Gasteiger partial charge in [0.15, 0.2) is 0 Å². The monoisotopic (exact) mass is 431 g/mol. The molecule has 2 heterocycles. The zero-order valence-corrected chi connectivity index (χ0v) is 16.5. The lowest BCUT2D eigenvalue weighted by molar-refractivity contribution is -0.138. The highest BCUT2D eigenvalue weighted by atomic mass is 19.4. The van der Waals surface area contributed by atoms with E-state index in [4.69, 9.17) is 0 Å². The molecule has 2 fully saturated rings. The molecule has 2 aliphatic heterocycles. The van der Waals surface area contributed by atoms with Gasteiger partial charge in [0.05, 0.1) is 16.8 Å². The molecule has 2 aliphatic rings. The lowest BCUT2D eigenvalue weighted by Crippen LogP contribution is -2.48. The van der Waals surface area contributed by atoms with E-state index in [2.05, 4.69) is 0 Å². The molecule has 6 nitrogen and oxygen atoms in total. The molecule has 0 aromatic heterocycles. The van der Waals surface area contributed by atoms with Crippen LogP contribution in [0.15, 0.2) is 54.6 Å². The number of piperidine rings is 1. The number of urea groups is 1. The average Bonchev–Trinajstić information content (AvgIpc) is 3.07. The average molecular weight is 431 g/mol. The molecule has 0 unspecified atom stereocenters. The third-order valence-corrected chi connectivity index (χ3v) is 5.66. The minimum absolute atomic E-state index is 0.0523. The first-order valence-electron chi connectivity index (χ1n) is 9.91. The predicted molar refractivity (Wildman–Crippen MR) is 106 cm³/mol. The molecule has 4 rings (SSSR count). The maximum absolute atomic E-state index is 13.2. The molecule has 0 N–H and O–H groups in total. The van der Waals surface area contributed by atoms with Crippen LogP contribution in [0.5, 0.6) is 0 Å². The molecule has 162 valence electrons. The van der Waals surface area contributed by atoms with E-state index in [1.54, 1.807) is 30.3 Å². The molecule has 0 saturated carbocycles. The number of likely N-dealkylation sites (tertiary alicyclic amines) is 1. The first-order valence-corrected chi connectivity index (χ1v) is 9.91.